The number of fused-ring (bicyclic) bond motifs is 1. The zero-order valence-electron chi connectivity index (χ0n) is 6.97. The quantitative estimate of drug-likeness (QED) is 0.606. The van der Waals surface area contributed by atoms with E-state index in [-0.39, 0.29) is 11.3 Å². The number of carbonyl (C=O) groups is 1. The monoisotopic (exact) mass is 153 g/mol. The van der Waals surface area contributed by atoms with Crippen LogP contribution in [0.5, 0.6) is 0 Å². The fourth-order valence-corrected chi connectivity index (χ4v) is 2.53. The molecule has 3 unspecified atom stereocenters. The fraction of sp³-hybridized carbons (Fsp3) is 0.889. The third kappa shape index (κ3) is 0.883. The zero-order valence-corrected chi connectivity index (χ0v) is 6.97. The second kappa shape index (κ2) is 1.99. The Hall–Kier alpha value is -0.530. The number of hydrogen-bond acceptors (Lipinski definition) is 1. The van der Waals surface area contributed by atoms with Crippen molar-refractivity contribution in [3.63, 3.8) is 0 Å². The molecule has 0 heterocycles. The predicted octanol–water partition coefficient (Wildman–Crippen LogP) is 1.30. The van der Waals surface area contributed by atoms with Crippen molar-refractivity contribution in [1.82, 2.24) is 0 Å². The van der Waals surface area contributed by atoms with Crippen LogP contribution in [-0.4, -0.2) is 5.91 Å². The molecule has 2 aliphatic rings. The van der Waals surface area contributed by atoms with E-state index in [1.54, 1.807) is 0 Å². The van der Waals surface area contributed by atoms with Crippen LogP contribution in [0.2, 0.25) is 0 Å². The van der Waals surface area contributed by atoms with E-state index in [0.717, 1.165) is 18.8 Å². The van der Waals surface area contributed by atoms with Crippen LogP contribution in [0.4, 0.5) is 0 Å². The molecule has 2 heteroatoms. The Morgan fingerprint density at radius 2 is 2.36 bits per heavy atom. The van der Waals surface area contributed by atoms with Gasteiger partial charge in [0.1, 0.15) is 0 Å². The van der Waals surface area contributed by atoms with Crippen LogP contribution in [0.3, 0.4) is 0 Å². The number of primary amides is 1. The Kier molecular flexibility index (Phi) is 1.29. The average Bonchev–Trinajstić information content (AvgIpc) is 2.62. The Labute approximate surface area is 67.1 Å². The summed E-state index contributed by atoms with van der Waals surface area (Å²) in [7, 11) is 0. The van der Waals surface area contributed by atoms with Crippen LogP contribution < -0.4 is 5.73 Å². The largest absolute Gasteiger partial charge is 0.369 e. The lowest BCUT2D eigenvalue weighted by Gasteiger charge is -2.23. The van der Waals surface area contributed by atoms with Crippen molar-refractivity contribution in [2.24, 2.45) is 23.0 Å². The first kappa shape index (κ1) is 7.14. The van der Waals surface area contributed by atoms with Crippen molar-refractivity contribution in [1.29, 1.82) is 0 Å². The van der Waals surface area contributed by atoms with Gasteiger partial charge in [-0.25, -0.2) is 0 Å². The third-order valence-electron chi connectivity index (χ3n) is 3.49. The van der Waals surface area contributed by atoms with E-state index in [2.05, 4.69) is 6.92 Å². The van der Waals surface area contributed by atoms with E-state index in [1.807, 2.05) is 0 Å². The molecule has 0 radical (unpaired) electrons. The number of hydrogen-bond donors (Lipinski definition) is 1. The minimum absolute atomic E-state index is 0.0352. The van der Waals surface area contributed by atoms with Gasteiger partial charge in [0.25, 0.3) is 0 Å². The number of rotatable bonds is 1. The Balaban J connectivity index is 2.08. The minimum Gasteiger partial charge on any atom is -0.369 e. The Morgan fingerprint density at radius 3 is 2.91 bits per heavy atom. The van der Waals surface area contributed by atoms with Crippen molar-refractivity contribution in [3.8, 4) is 0 Å². The smallest absolute Gasteiger partial charge is 0.223 e. The zero-order chi connectivity index (χ0) is 8.06. The molecule has 0 saturated heterocycles. The molecule has 2 saturated carbocycles. The molecule has 3 atom stereocenters. The summed E-state index contributed by atoms with van der Waals surface area (Å²) in [4.78, 5) is 11.0. The van der Waals surface area contributed by atoms with Crippen molar-refractivity contribution in [2.45, 2.75) is 32.6 Å². The van der Waals surface area contributed by atoms with Crippen LogP contribution in [-0.2, 0) is 4.79 Å². The highest BCUT2D eigenvalue weighted by molar-refractivity contribution is 5.84. The second-order valence-electron chi connectivity index (χ2n) is 4.30. The highest BCUT2D eigenvalue weighted by Crippen LogP contribution is 2.62. The molecule has 1 amide bonds. The average molecular weight is 153 g/mol. The second-order valence-corrected chi connectivity index (χ2v) is 4.30. The van der Waals surface area contributed by atoms with Gasteiger partial charge in [0.2, 0.25) is 5.91 Å². The lowest BCUT2D eigenvalue weighted by molar-refractivity contribution is -0.124. The summed E-state index contributed by atoms with van der Waals surface area (Å²) in [6.07, 6.45) is 4.54. The standard InChI is InChI=1S/C9H15NO/c1-6-2-3-9(8(10)11)5-7(9)4-6/h6-7H,2-5H2,1H3,(H2,10,11). The van der Waals surface area contributed by atoms with E-state index < -0.39 is 0 Å². The van der Waals surface area contributed by atoms with Gasteiger partial charge in [0, 0.05) is 0 Å². The maximum atomic E-state index is 11.0. The van der Waals surface area contributed by atoms with Crippen molar-refractivity contribution in [2.75, 3.05) is 0 Å². The van der Waals surface area contributed by atoms with Gasteiger partial charge in [-0.15, -0.1) is 0 Å². The van der Waals surface area contributed by atoms with Gasteiger partial charge < -0.3 is 5.73 Å². The molecule has 2 rings (SSSR count). The molecule has 0 aliphatic heterocycles. The number of nitrogens with two attached hydrogens (primary N) is 1. The van der Waals surface area contributed by atoms with Gasteiger partial charge >= 0.3 is 0 Å². The molecule has 2 N–H and O–H groups in total. The lowest BCUT2D eigenvalue weighted by atomic mass is 9.82. The van der Waals surface area contributed by atoms with Crippen molar-refractivity contribution in [3.05, 3.63) is 0 Å². The molecular formula is C9H15NO. The summed E-state index contributed by atoms with van der Waals surface area (Å²) < 4.78 is 0. The topological polar surface area (TPSA) is 43.1 Å². The van der Waals surface area contributed by atoms with Crippen LogP contribution in [0.25, 0.3) is 0 Å². The minimum atomic E-state index is -0.0469. The Bertz CT molecular complexity index is 202. The van der Waals surface area contributed by atoms with Gasteiger partial charge in [-0.3, -0.25) is 4.79 Å². The van der Waals surface area contributed by atoms with Crippen LogP contribution in [0.15, 0.2) is 0 Å². The van der Waals surface area contributed by atoms with E-state index in [1.165, 1.54) is 12.8 Å². The summed E-state index contributed by atoms with van der Waals surface area (Å²) in [6, 6.07) is 0. The highest BCUT2D eigenvalue weighted by atomic mass is 16.1. The van der Waals surface area contributed by atoms with Crippen molar-refractivity contribution >= 4 is 5.91 Å². The number of amides is 1. The highest BCUT2D eigenvalue weighted by Gasteiger charge is 2.60. The molecule has 2 aliphatic carbocycles. The van der Waals surface area contributed by atoms with Crippen LogP contribution in [0.1, 0.15) is 32.6 Å². The first-order chi connectivity index (χ1) is 5.15. The van der Waals surface area contributed by atoms with E-state index >= 15 is 0 Å². The van der Waals surface area contributed by atoms with Crippen molar-refractivity contribution < 1.29 is 4.79 Å². The van der Waals surface area contributed by atoms with Crippen LogP contribution >= 0.6 is 0 Å². The third-order valence-corrected chi connectivity index (χ3v) is 3.49. The Morgan fingerprint density at radius 1 is 1.64 bits per heavy atom. The summed E-state index contributed by atoms with van der Waals surface area (Å²) >= 11 is 0. The molecule has 0 aromatic heterocycles. The summed E-state index contributed by atoms with van der Waals surface area (Å²) in [5, 5.41) is 0. The summed E-state index contributed by atoms with van der Waals surface area (Å²) in [5.41, 5.74) is 5.31. The molecule has 0 aromatic rings. The van der Waals surface area contributed by atoms with Gasteiger partial charge in [-0.2, -0.15) is 0 Å². The van der Waals surface area contributed by atoms with Gasteiger partial charge in [-0.1, -0.05) is 6.92 Å². The van der Waals surface area contributed by atoms with Gasteiger partial charge in [-0.05, 0) is 37.5 Å². The molecule has 62 valence electrons. The van der Waals surface area contributed by atoms with Gasteiger partial charge in [0.05, 0.1) is 5.41 Å². The first-order valence-electron chi connectivity index (χ1n) is 4.45. The first-order valence-corrected chi connectivity index (χ1v) is 4.45. The molecule has 0 aromatic carbocycles. The van der Waals surface area contributed by atoms with E-state index in [0.29, 0.717) is 5.92 Å². The maximum absolute atomic E-state index is 11.0. The lowest BCUT2D eigenvalue weighted by Crippen LogP contribution is -2.29. The molecule has 0 spiro atoms. The summed E-state index contributed by atoms with van der Waals surface area (Å²) in [5.74, 6) is 1.41. The molecule has 2 fully saturated rings. The molecule has 11 heavy (non-hydrogen) atoms. The maximum Gasteiger partial charge on any atom is 0.223 e. The molecular weight excluding hydrogens is 138 g/mol. The molecule has 0 bridgehead atoms. The predicted molar refractivity (Wildman–Crippen MR) is 42.7 cm³/mol. The van der Waals surface area contributed by atoms with Gasteiger partial charge in [0.15, 0.2) is 0 Å². The summed E-state index contributed by atoms with van der Waals surface area (Å²) in [6.45, 7) is 2.27. The SMILES string of the molecule is CC1CCC2(C(N)=O)CC2C1. The fourth-order valence-electron chi connectivity index (χ4n) is 2.53. The molecule has 2 nitrogen and oxygen atoms in total. The number of carbonyl (C=O) groups excluding carboxylic acids is 1. The normalized spacial score (nSPS) is 48.1. The van der Waals surface area contributed by atoms with E-state index in [9.17, 15) is 4.79 Å². The van der Waals surface area contributed by atoms with Crippen LogP contribution in [0, 0.1) is 17.3 Å². The van der Waals surface area contributed by atoms with E-state index in [4.69, 9.17) is 5.73 Å².